The van der Waals surface area contributed by atoms with Gasteiger partial charge in [-0.1, -0.05) is 6.07 Å². The molecule has 0 amide bonds. The lowest BCUT2D eigenvalue weighted by Crippen LogP contribution is -2.25. The zero-order chi connectivity index (χ0) is 14.7. The van der Waals surface area contributed by atoms with E-state index in [9.17, 15) is 21.6 Å². The number of nitriles is 1. The topological polar surface area (TPSA) is 76.4 Å². The molecule has 1 aromatic rings. The van der Waals surface area contributed by atoms with Crippen molar-refractivity contribution in [2.45, 2.75) is 12.1 Å². The molecule has 9 heteroatoms. The van der Waals surface area contributed by atoms with Gasteiger partial charge in [0.1, 0.15) is 11.8 Å². The molecule has 0 aliphatic rings. The van der Waals surface area contributed by atoms with E-state index in [-0.39, 0.29) is 16.9 Å². The number of benzene rings is 1. The number of rotatable bonds is 4. The normalized spacial score (nSPS) is 11.9. The molecule has 0 aliphatic heterocycles. The standard InChI is InChI=1S/C10H8F3NO4S/c1-17-9-3-2-7(4-8(9)5-14)6-18-19(15,16)10(11,12)13/h2-4H,6H2,1H3. The molecule has 1 rings (SSSR count). The smallest absolute Gasteiger partial charge is 0.495 e. The SMILES string of the molecule is COc1ccc(COS(=O)(=O)C(F)(F)F)cc1C#N. The Morgan fingerprint density at radius 3 is 2.47 bits per heavy atom. The van der Waals surface area contributed by atoms with Gasteiger partial charge in [-0.25, -0.2) is 0 Å². The summed E-state index contributed by atoms with van der Waals surface area (Å²) in [6, 6.07) is 5.58. The molecule has 0 spiro atoms. The summed E-state index contributed by atoms with van der Waals surface area (Å²) < 4.78 is 66.1. The summed E-state index contributed by atoms with van der Waals surface area (Å²) in [5.41, 5.74) is -5.31. The first kappa shape index (κ1) is 15.3. The van der Waals surface area contributed by atoms with Gasteiger partial charge in [0.25, 0.3) is 0 Å². The van der Waals surface area contributed by atoms with Crippen LogP contribution >= 0.6 is 0 Å². The Kier molecular flexibility index (Phi) is 4.39. The maximum absolute atomic E-state index is 12.0. The van der Waals surface area contributed by atoms with Crippen LogP contribution in [0.15, 0.2) is 18.2 Å². The third-order valence-electron chi connectivity index (χ3n) is 2.05. The summed E-state index contributed by atoms with van der Waals surface area (Å²) in [7, 11) is -4.33. The molecule has 104 valence electrons. The van der Waals surface area contributed by atoms with Gasteiger partial charge in [-0.3, -0.25) is 4.18 Å². The molecule has 0 N–H and O–H groups in total. The van der Waals surface area contributed by atoms with E-state index in [1.165, 1.54) is 25.3 Å². The van der Waals surface area contributed by atoms with Crippen molar-refractivity contribution in [1.82, 2.24) is 0 Å². The summed E-state index contributed by atoms with van der Waals surface area (Å²) in [5, 5.41) is 8.76. The Hall–Kier alpha value is -1.79. The maximum Gasteiger partial charge on any atom is 0.523 e. The zero-order valence-electron chi connectivity index (χ0n) is 9.56. The van der Waals surface area contributed by atoms with Crippen LogP contribution in [0.25, 0.3) is 0 Å². The van der Waals surface area contributed by atoms with Crippen LogP contribution in [0.3, 0.4) is 0 Å². The summed E-state index contributed by atoms with van der Waals surface area (Å²) in [6.45, 7) is -0.819. The Balaban J connectivity index is 2.89. The van der Waals surface area contributed by atoms with Crippen LogP contribution in [0.1, 0.15) is 11.1 Å². The van der Waals surface area contributed by atoms with E-state index in [1.54, 1.807) is 6.07 Å². The molecular formula is C10H8F3NO4S. The number of ether oxygens (including phenoxy) is 1. The minimum atomic E-state index is -5.65. The first-order valence-corrected chi connectivity index (χ1v) is 6.15. The molecule has 0 radical (unpaired) electrons. The molecule has 0 fully saturated rings. The summed E-state index contributed by atoms with van der Waals surface area (Å²) in [4.78, 5) is 0. The second-order valence-corrected chi connectivity index (χ2v) is 4.92. The van der Waals surface area contributed by atoms with Gasteiger partial charge in [-0.05, 0) is 17.7 Å². The number of hydrogen-bond acceptors (Lipinski definition) is 5. The molecule has 5 nitrogen and oxygen atoms in total. The first-order chi connectivity index (χ1) is 8.71. The highest BCUT2D eigenvalue weighted by Crippen LogP contribution is 2.26. The molecule has 0 unspecified atom stereocenters. The predicted molar refractivity (Wildman–Crippen MR) is 57.5 cm³/mol. The molecule has 1 aromatic carbocycles. The average Bonchev–Trinajstić information content (AvgIpc) is 2.34. The van der Waals surface area contributed by atoms with E-state index < -0.39 is 22.2 Å². The minimum Gasteiger partial charge on any atom is -0.495 e. The van der Waals surface area contributed by atoms with Gasteiger partial charge in [0.05, 0.1) is 19.3 Å². The second kappa shape index (κ2) is 5.46. The molecular weight excluding hydrogens is 287 g/mol. The highest BCUT2D eigenvalue weighted by molar-refractivity contribution is 7.87. The van der Waals surface area contributed by atoms with Gasteiger partial charge in [0.2, 0.25) is 0 Å². The minimum absolute atomic E-state index is 0.0630. The highest BCUT2D eigenvalue weighted by Gasteiger charge is 2.47. The van der Waals surface area contributed by atoms with Crippen molar-refractivity contribution < 1.29 is 30.5 Å². The summed E-state index contributed by atoms with van der Waals surface area (Å²) in [5.74, 6) is 0.227. The lowest BCUT2D eigenvalue weighted by molar-refractivity contribution is -0.0547. The van der Waals surface area contributed by atoms with E-state index in [0.717, 1.165) is 0 Å². The monoisotopic (exact) mass is 295 g/mol. The van der Waals surface area contributed by atoms with Crippen molar-refractivity contribution >= 4 is 10.1 Å². The highest BCUT2D eigenvalue weighted by atomic mass is 32.2. The van der Waals surface area contributed by atoms with Crippen molar-refractivity contribution in [3.8, 4) is 11.8 Å². The van der Waals surface area contributed by atoms with Crippen LogP contribution in [0, 0.1) is 11.3 Å². The lowest BCUT2D eigenvalue weighted by atomic mass is 10.1. The molecule has 0 atom stereocenters. The number of nitrogens with zero attached hydrogens (tertiary/aromatic N) is 1. The second-order valence-electron chi connectivity index (χ2n) is 3.31. The van der Waals surface area contributed by atoms with E-state index in [0.29, 0.717) is 0 Å². The van der Waals surface area contributed by atoms with Crippen molar-refractivity contribution in [1.29, 1.82) is 5.26 Å². The van der Waals surface area contributed by atoms with Gasteiger partial charge in [-0.2, -0.15) is 26.9 Å². The largest absolute Gasteiger partial charge is 0.523 e. The van der Waals surface area contributed by atoms with Gasteiger partial charge in [0.15, 0.2) is 0 Å². The number of hydrogen-bond donors (Lipinski definition) is 0. The van der Waals surface area contributed by atoms with Gasteiger partial charge >= 0.3 is 15.6 Å². The van der Waals surface area contributed by atoms with Crippen molar-refractivity contribution in [2.75, 3.05) is 7.11 Å². The van der Waals surface area contributed by atoms with E-state index in [1.807, 2.05) is 0 Å². The fourth-order valence-corrected chi connectivity index (χ4v) is 1.57. The quantitative estimate of drug-likeness (QED) is 0.626. The van der Waals surface area contributed by atoms with Crippen LogP contribution in [0.2, 0.25) is 0 Å². The first-order valence-electron chi connectivity index (χ1n) is 4.74. The Bertz CT molecular complexity index is 604. The fraction of sp³-hybridized carbons (Fsp3) is 0.300. The van der Waals surface area contributed by atoms with Crippen molar-refractivity contribution in [3.05, 3.63) is 29.3 Å². The van der Waals surface area contributed by atoms with Crippen molar-refractivity contribution in [2.24, 2.45) is 0 Å². The number of methoxy groups -OCH3 is 1. The molecule has 0 bridgehead atoms. The molecule has 0 heterocycles. The molecule has 19 heavy (non-hydrogen) atoms. The van der Waals surface area contributed by atoms with Crippen LogP contribution < -0.4 is 4.74 Å². The Morgan fingerprint density at radius 1 is 1.37 bits per heavy atom. The van der Waals surface area contributed by atoms with Crippen LogP contribution in [0.4, 0.5) is 13.2 Å². The van der Waals surface area contributed by atoms with E-state index in [4.69, 9.17) is 10.00 Å². The van der Waals surface area contributed by atoms with Crippen molar-refractivity contribution in [3.63, 3.8) is 0 Å². The third-order valence-corrected chi connectivity index (χ3v) is 3.04. The van der Waals surface area contributed by atoms with Crippen LogP contribution in [-0.2, 0) is 20.9 Å². The average molecular weight is 295 g/mol. The van der Waals surface area contributed by atoms with Crippen LogP contribution in [-0.4, -0.2) is 21.0 Å². The lowest BCUT2D eigenvalue weighted by Gasteiger charge is -2.09. The fourth-order valence-electron chi connectivity index (χ4n) is 1.14. The molecule has 0 saturated heterocycles. The van der Waals surface area contributed by atoms with Gasteiger partial charge < -0.3 is 4.74 Å². The third kappa shape index (κ3) is 3.59. The number of halogens is 3. The summed E-state index contributed by atoms with van der Waals surface area (Å²) in [6.07, 6.45) is 0. The van der Waals surface area contributed by atoms with E-state index in [2.05, 4.69) is 4.18 Å². The summed E-state index contributed by atoms with van der Waals surface area (Å²) >= 11 is 0. The molecule has 0 aliphatic carbocycles. The van der Waals surface area contributed by atoms with Crippen LogP contribution in [0.5, 0.6) is 5.75 Å². The Labute approximate surface area is 107 Å². The van der Waals surface area contributed by atoms with Gasteiger partial charge in [0, 0.05) is 0 Å². The number of alkyl halides is 3. The predicted octanol–water partition coefficient (Wildman–Crippen LogP) is 1.93. The van der Waals surface area contributed by atoms with Gasteiger partial charge in [-0.15, -0.1) is 0 Å². The molecule has 0 saturated carbocycles. The molecule has 0 aromatic heterocycles. The zero-order valence-corrected chi connectivity index (χ0v) is 10.4. The van der Waals surface area contributed by atoms with E-state index >= 15 is 0 Å². The Morgan fingerprint density at radius 2 is 2.00 bits per heavy atom. The maximum atomic E-state index is 12.0.